The summed E-state index contributed by atoms with van der Waals surface area (Å²) in [6.45, 7) is 0.229. The van der Waals surface area contributed by atoms with Gasteiger partial charge in [-0.25, -0.2) is 4.99 Å². The SMILES string of the molecule is N#Cc1cc2c(cc1Oc1ccc(C(=O)Cc3ccc4c(c3)CC(C(F)(F)F)=N4)cc1)OCCC2C(=O)O. The molecule has 1 N–H and O–H groups in total. The van der Waals surface area contributed by atoms with Crippen LogP contribution in [0.15, 0.2) is 59.6 Å². The third kappa shape index (κ3) is 4.95. The van der Waals surface area contributed by atoms with Crippen molar-refractivity contribution in [2.45, 2.75) is 31.4 Å². The van der Waals surface area contributed by atoms with Gasteiger partial charge in [-0.05, 0) is 53.9 Å². The van der Waals surface area contributed by atoms with Crippen molar-refractivity contribution in [1.82, 2.24) is 0 Å². The van der Waals surface area contributed by atoms with Crippen LogP contribution < -0.4 is 9.47 Å². The molecule has 0 saturated heterocycles. The lowest BCUT2D eigenvalue weighted by atomic mass is 9.91. The van der Waals surface area contributed by atoms with E-state index in [1.165, 1.54) is 18.2 Å². The van der Waals surface area contributed by atoms with Crippen molar-refractivity contribution in [2.75, 3.05) is 6.61 Å². The number of ether oxygens (including phenoxy) is 2. The van der Waals surface area contributed by atoms with Gasteiger partial charge in [0.15, 0.2) is 5.78 Å². The fraction of sp³-hybridized carbons (Fsp3) is 0.214. The number of benzene rings is 3. The van der Waals surface area contributed by atoms with Crippen molar-refractivity contribution in [3.63, 3.8) is 0 Å². The van der Waals surface area contributed by atoms with Gasteiger partial charge < -0.3 is 14.6 Å². The lowest BCUT2D eigenvalue weighted by molar-refractivity contribution is -0.139. The summed E-state index contributed by atoms with van der Waals surface area (Å²) in [5, 5.41) is 19.0. The molecule has 10 heteroatoms. The minimum absolute atomic E-state index is 0.000318. The fourth-order valence-corrected chi connectivity index (χ4v) is 4.50. The molecular formula is C28H19F3N2O5. The number of carboxylic acids is 1. The number of aliphatic imine (C=N–C) groups is 1. The molecule has 1 atom stereocenters. The number of nitrogens with zero attached hydrogens (tertiary/aromatic N) is 2. The number of halogens is 3. The van der Waals surface area contributed by atoms with Crippen molar-refractivity contribution in [2.24, 2.45) is 4.99 Å². The van der Waals surface area contributed by atoms with Crippen LogP contribution in [0, 0.1) is 11.3 Å². The molecule has 38 heavy (non-hydrogen) atoms. The van der Waals surface area contributed by atoms with Crippen LogP contribution in [0.2, 0.25) is 0 Å². The summed E-state index contributed by atoms with van der Waals surface area (Å²) >= 11 is 0. The Kier molecular flexibility index (Phi) is 6.36. The molecule has 0 saturated carbocycles. The molecule has 2 aliphatic heterocycles. The normalized spacial score (nSPS) is 15.9. The van der Waals surface area contributed by atoms with E-state index in [-0.39, 0.29) is 42.2 Å². The predicted octanol–water partition coefficient (Wildman–Crippen LogP) is 5.92. The van der Waals surface area contributed by atoms with Crippen LogP contribution in [-0.2, 0) is 17.6 Å². The third-order valence-electron chi connectivity index (χ3n) is 6.42. The number of hydrogen-bond donors (Lipinski definition) is 1. The monoisotopic (exact) mass is 520 g/mol. The Bertz CT molecular complexity index is 1520. The molecule has 1 unspecified atom stereocenters. The maximum atomic E-state index is 13.0. The second kappa shape index (κ2) is 9.67. The summed E-state index contributed by atoms with van der Waals surface area (Å²) in [5.74, 6) is -1.12. The Hall–Kier alpha value is -4.65. The molecular weight excluding hydrogens is 501 g/mol. The highest BCUT2D eigenvalue weighted by Crippen LogP contribution is 2.40. The van der Waals surface area contributed by atoms with Gasteiger partial charge in [0.05, 0.1) is 23.8 Å². The Labute approximate surface area is 214 Å². The van der Waals surface area contributed by atoms with Gasteiger partial charge in [-0.1, -0.05) is 12.1 Å². The van der Waals surface area contributed by atoms with Gasteiger partial charge in [-0.2, -0.15) is 18.4 Å². The van der Waals surface area contributed by atoms with Gasteiger partial charge in [0.2, 0.25) is 0 Å². The molecule has 192 valence electrons. The Morgan fingerprint density at radius 1 is 1.13 bits per heavy atom. The van der Waals surface area contributed by atoms with Crippen LogP contribution in [0.4, 0.5) is 18.9 Å². The number of aliphatic carboxylic acids is 1. The van der Waals surface area contributed by atoms with Crippen LogP contribution in [0.1, 0.15) is 45.0 Å². The Morgan fingerprint density at radius 2 is 1.89 bits per heavy atom. The first-order valence-corrected chi connectivity index (χ1v) is 11.6. The molecule has 3 aromatic rings. The summed E-state index contributed by atoms with van der Waals surface area (Å²) < 4.78 is 50.3. The van der Waals surface area contributed by atoms with Crippen LogP contribution in [0.3, 0.4) is 0 Å². The first kappa shape index (κ1) is 25.0. The van der Waals surface area contributed by atoms with E-state index in [9.17, 15) is 33.1 Å². The van der Waals surface area contributed by atoms with E-state index >= 15 is 0 Å². The second-order valence-corrected chi connectivity index (χ2v) is 8.95. The topological polar surface area (TPSA) is 109 Å². The van der Waals surface area contributed by atoms with Crippen molar-refractivity contribution in [3.8, 4) is 23.3 Å². The number of carbonyl (C=O) groups excluding carboxylic acids is 1. The average Bonchev–Trinajstić information content (AvgIpc) is 3.32. The zero-order chi connectivity index (χ0) is 27.0. The predicted molar refractivity (Wildman–Crippen MR) is 129 cm³/mol. The maximum absolute atomic E-state index is 13.0. The highest BCUT2D eigenvalue weighted by atomic mass is 19.4. The van der Waals surface area contributed by atoms with Crippen LogP contribution >= 0.6 is 0 Å². The smallest absolute Gasteiger partial charge is 0.429 e. The first-order valence-electron chi connectivity index (χ1n) is 11.6. The number of carbonyl (C=O) groups is 2. The lowest BCUT2D eigenvalue weighted by Crippen LogP contribution is -2.22. The maximum Gasteiger partial charge on any atom is 0.429 e. The highest BCUT2D eigenvalue weighted by molar-refractivity contribution is 5.99. The molecule has 2 heterocycles. The second-order valence-electron chi connectivity index (χ2n) is 8.95. The van der Waals surface area contributed by atoms with Crippen LogP contribution in [-0.4, -0.2) is 35.4 Å². The molecule has 3 aromatic carbocycles. The number of rotatable bonds is 6. The molecule has 0 amide bonds. The summed E-state index contributed by atoms with van der Waals surface area (Å²) in [6, 6.07) is 15.8. The summed E-state index contributed by atoms with van der Waals surface area (Å²) in [4.78, 5) is 28.0. The molecule has 0 radical (unpaired) electrons. The third-order valence-corrected chi connectivity index (χ3v) is 6.42. The van der Waals surface area contributed by atoms with E-state index in [1.807, 2.05) is 6.07 Å². The molecule has 7 nitrogen and oxygen atoms in total. The Morgan fingerprint density at radius 3 is 2.58 bits per heavy atom. The van der Waals surface area contributed by atoms with E-state index in [0.29, 0.717) is 40.2 Å². The number of fused-ring (bicyclic) bond motifs is 2. The Balaban J connectivity index is 1.28. The average molecular weight is 520 g/mol. The number of carboxylic acid groups (broad SMARTS) is 1. The fourth-order valence-electron chi connectivity index (χ4n) is 4.50. The zero-order valence-corrected chi connectivity index (χ0v) is 19.7. The molecule has 5 rings (SSSR count). The molecule has 0 aliphatic carbocycles. The van der Waals surface area contributed by atoms with Gasteiger partial charge >= 0.3 is 12.1 Å². The van der Waals surface area contributed by atoms with E-state index in [1.54, 1.807) is 36.4 Å². The van der Waals surface area contributed by atoms with E-state index < -0.39 is 23.8 Å². The highest BCUT2D eigenvalue weighted by Gasteiger charge is 2.38. The number of Topliss-reactive ketones (excluding diaryl/α,β-unsaturated/α-hetero) is 1. The van der Waals surface area contributed by atoms with Gasteiger partial charge in [-0.3, -0.25) is 9.59 Å². The molecule has 0 aromatic heterocycles. The number of alkyl halides is 3. The quantitative estimate of drug-likeness (QED) is 0.405. The number of hydrogen-bond acceptors (Lipinski definition) is 6. The van der Waals surface area contributed by atoms with Crippen LogP contribution in [0.5, 0.6) is 17.2 Å². The number of nitriles is 1. The summed E-state index contributed by atoms with van der Waals surface area (Å²) in [5.41, 5.74) is 1.37. The van der Waals surface area contributed by atoms with E-state index in [0.717, 1.165) is 0 Å². The summed E-state index contributed by atoms with van der Waals surface area (Å²) in [6.07, 6.45) is -4.50. The minimum atomic E-state index is -4.49. The van der Waals surface area contributed by atoms with Gasteiger partial charge in [0.1, 0.15) is 29.0 Å². The molecule has 0 bridgehead atoms. The van der Waals surface area contributed by atoms with Crippen molar-refractivity contribution in [3.05, 3.63) is 82.4 Å². The van der Waals surface area contributed by atoms with Crippen molar-refractivity contribution < 1.29 is 37.3 Å². The van der Waals surface area contributed by atoms with Gasteiger partial charge in [0, 0.05) is 30.0 Å². The van der Waals surface area contributed by atoms with E-state index in [2.05, 4.69) is 4.99 Å². The van der Waals surface area contributed by atoms with Gasteiger partial charge in [0.25, 0.3) is 0 Å². The van der Waals surface area contributed by atoms with Crippen LogP contribution in [0.25, 0.3) is 0 Å². The van der Waals surface area contributed by atoms with E-state index in [4.69, 9.17) is 9.47 Å². The molecule has 0 spiro atoms. The van der Waals surface area contributed by atoms with Gasteiger partial charge in [-0.15, -0.1) is 0 Å². The minimum Gasteiger partial charge on any atom is -0.493 e. The molecule has 2 aliphatic rings. The number of ketones is 1. The van der Waals surface area contributed by atoms with Crippen molar-refractivity contribution >= 4 is 23.2 Å². The summed E-state index contributed by atoms with van der Waals surface area (Å²) in [7, 11) is 0. The first-order chi connectivity index (χ1) is 18.1. The largest absolute Gasteiger partial charge is 0.493 e. The molecule has 0 fully saturated rings. The zero-order valence-electron chi connectivity index (χ0n) is 19.7. The standard InChI is InChI=1S/C28H19F3N2O5/c29-28(30,31)26-12-17-9-15(1-6-22(17)33-26)10-23(34)16-2-4-19(5-3-16)38-24-13-25-21(11-18(24)14-32)20(27(35)36)7-8-37-25/h1-6,9,11,13,20H,7-8,10,12H2,(H,35,36). The lowest BCUT2D eigenvalue weighted by Gasteiger charge is -2.24. The van der Waals surface area contributed by atoms with Crippen molar-refractivity contribution in [1.29, 1.82) is 5.26 Å².